The van der Waals surface area contributed by atoms with Crippen molar-refractivity contribution >= 4 is 23.1 Å². The van der Waals surface area contributed by atoms with Crippen LogP contribution in [0.2, 0.25) is 0 Å². The van der Waals surface area contributed by atoms with E-state index in [1.165, 1.54) is 31.4 Å². The highest BCUT2D eigenvalue weighted by Crippen LogP contribution is 2.23. The third-order valence-corrected chi connectivity index (χ3v) is 5.53. The molecular weight excluding hydrogens is 348 g/mol. The fourth-order valence-electron chi connectivity index (χ4n) is 3.78. The summed E-state index contributed by atoms with van der Waals surface area (Å²) < 4.78 is 0. The van der Waals surface area contributed by atoms with E-state index in [-0.39, 0.29) is 5.91 Å². The second-order valence-electron chi connectivity index (χ2n) is 7.43. The Morgan fingerprint density at radius 1 is 1.07 bits per heavy atom. The molecule has 0 atom stereocenters. The van der Waals surface area contributed by atoms with Crippen LogP contribution in [-0.4, -0.2) is 37.1 Å². The predicted octanol–water partition coefficient (Wildman–Crippen LogP) is 4.87. The van der Waals surface area contributed by atoms with Crippen molar-refractivity contribution in [1.29, 1.82) is 0 Å². The number of anilines is 3. The average Bonchev–Trinajstić information content (AvgIpc) is 3.00. The molecule has 1 aromatic heterocycles. The first kappa shape index (κ1) is 20.2. The summed E-state index contributed by atoms with van der Waals surface area (Å²) in [5.41, 5.74) is 3.68. The van der Waals surface area contributed by atoms with Crippen molar-refractivity contribution in [2.75, 3.05) is 41.3 Å². The van der Waals surface area contributed by atoms with Gasteiger partial charge in [0.15, 0.2) is 0 Å². The zero-order valence-electron chi connectivity index (χ0n) is 17.4. The fourth-order valence-corrected chi connectivity index (χ4v) is 3.78. The van der Waals surface area contributed by atoms with Crippen LogP contribution in [-0.2, 0) is 0 Å². The number of nitrogens with one attached hydrogen (secondary N) is 1. The number of hydrogen-bond donors (Lipinski definition) is 1. The predicted molar refractivity (Wildman–Crippen MR) is 118 cm³/mol. The number of aromatic nitrogens is 1. The Balaban J connectivity index is 1.67. The molecule has 1 saturated heterocycles. The molecule has 1 aromatic carbocycles. The average molecular weight is 381 g/mol. The van der Waals surface area contributed by atoms with E-state index < -0.39 is 0 Å². The molecule has 2 aromatic rings. The second kappa shape index (κ2) is 9.58. The summed E-state index contributed by atoms with van der Waals surface area (Å²) in [4.78, 5) is 21.8. The number of aryl methyl sites for hydroxylation is 1. The Bertz CT molecular complexity index is 776. The van der Waals surface area contributed by atoms with Gasteiger partial charge in [-0.05, 0) is 69.5 Å². The number of hydrogen-bond acceptors (Lipinski definition) is 4. The molecule has 5 heteroatoms. The molecule has 3 rings (SSSR count). The van der Waals surface area contributed by atoms with Crippen molar-refractivity contribution in [3.05, 3.63) is 47.7 Å². The summed E-state index contributed by atoms with van der Waals surface area (Å²) in [5, 5.41) is 3.03. The number of nitrogens with zero attached hydrogens (tertiary/aromatic N) is 3. The van der Waals surface area contributed by atoms with Crippen molar-refractivity contribution in [3.63, 3.8) is 0 Å². The summed E-state index contributed by atoms with van der Waals surface area (Å²) in [6.45, 7) is 10.4. The van der Waals surface area contributed by atoms with E-state index in [9.17, 15) is 4.79 Å². The maximum absolute atomic E-state index is 12.7. The van der Waals surface area contributed by atoms with Crippen molar-refractivity contribution < 1.29 is 4.79 Å². The standard InChI is InChI=1S/C23H32N4O/c1-4-26(5-2)20-11-12-21(18(3)16-20)25-23(28)19-10-13-22(24-17-19)27-14-8-6-7-9-15-27/h10-13,16-17H,4-9,14-15H2,1-3H3,(H,25,28). The highest BCUT2D eigenvalue weighted by molar-refractivity contribution is 6.04. The maximum atomic E-state index is 12.7. The summed E-state index contributed by atoms with van der Waals surface area (Å²) in [7, 11) is 0. The lowest BCUT2D eigenvalue weighted by atomic mass is 10.1. The number of pyridine rings is 1. The number of carbonyl (C=O) groups is 1. The van der Waals surface area contributed by atoms with Crippen LogP contribution in [0.25, 0.3) is 0 Å². The first-order chi connectivity index (χ1) is 13.6. The Morgan fingerprint density at radius 3 is 2.36 bits per heavy atom. The zero-order chi connectivity index (χ0) is 19.9. The Hall–Kier alpha value is -2.56. The van der Waals surface area contributed by atoms with Crippen LogP contribution in [0.4, 0.5) is 17.2 Å². The van der Waals surface area contributed by atoms with Gasteiger partial charge in [-0.1, -0.05) is 12.8 Å². The number of carbonyl (C=O) groups excluding carboxylic acids is 1. The van der Waals surface area contributed by atoms with E-state index in [0.29, 0.717) is 5.56 Å². The molecule has 150 valence electrons. The molecule has 0 aliphatic carbocycles. The topological polar surface area (TPSA) is 48.5 Å². The van der Waals surface area contributed by atoms with Gasteiger partial charge in [0.1, 0.15) is 5.82 Å². The van der Waals surface area contributed by atoms with Crippen LogP contribution in [0.5, 0.6) is 0 Å². The lowest BCUT2D eigenvalue weighted by molar-refractivity contribution is 0.102. The SMILES string of the molecule is CCN(CC)c1ccc(NC(=O)c2ccc(N3CCCCCC3)nc2)c(C)c1. The minimum Gasteiger partial charge on any atom is -0.372 e. The molecule has 5 nitrogen and oxygen atoms in total. The molecule has 28 heavy (non-hydrogen) atoms. The van der Waals surface area contributed by atoms with Gasteiger partial charge in [-0.2, -0.15) is 0 Å². The van der Waals surface area contributed by atoms with Gasteiger partial charge in [0.25, 0.3) is 5.91 Å². The Morgan fingerprint density at radius 2 is 1.79 bits per heavy atom. The molecule has 2 heterocycles. The van der Waals surface area contributed by atoms with E-state index >= 15 is 0 Å². The summed E-state index contributed by atoms with van der Waals surface area (Å²) in [5.74, 6) is 0.854. The lowest BCUT2D eigenvalue weighted by Gasteiger charge is -2.22. The lowest BCUT2D eigenvalue weighted by Crippen LogP contribution is -2.25. The van der Waals surface area contributed by atoms with Crippen LogP contribution >= 0.6 is 0 Å². The maximum Gasteiger partial charge on any atom is 0.257 e. The van der Waals surface area contributed by atoms with E-state index in [1.54, 1.807) is 6.20 Å². The van der Waals surface area contributed by atoms with Crippen molar-refractivity contribution in [1.82, 2.24) is 4.98 Å². The van der Waals surface area contributed by atoms with Gasteiger partial charge in [0.05, 0.1) is 5.56 Å². The molecule has 0 spiro atoms. The normalized spacial score (nSPS) is 14.5. The van der Waals surface area contributed by atoms with Crippen molar-refractivity contribution in [3.8, 4) is 0 Å². The quantitative estimate of drug-likeness (QED) is 0.777. The van der Waals surface area contributed by atoms with E-state index in [1.807, 2.05) is 25.1 Å². The Kier molecular flexibility index (Phi) is 6.90. The molecule has 1 N–H and O–H groups in total. The van der Waals surface area contributed by atoms with Crippen LogP contribution < -0.4 is 15.1 Å². The first-order valence-electron chi connectivity index (χ1n) is 10.5. The van der Waals surface area contributed by atoms with E-state index in [0.717, 1.165) is 43.2 Å². The van der Waals surface area contributed by atoms with Gasteiger partial charge in [-0.15, -0.1) is 0 Å². The molecule has 1 fully saturated rings. The van der Waals surface area contributed by atoms with Crippen molar-refractivity contribution in [2.45, 2.75) is 46.5 Å². The van der Waals surface area contributed by atoms with Crippen molar-refractivity contribution in [2.24, 2.45) is 0 Å². The van der Waals surface area contributed by atoms with Crippen LogP contribution in [0, 0.1) is 6.92 Å². The molecule has 0 saturated carbocycles. The second-order valence-corrected chi connectivity index (χ2v) is 7.43. The van der Waals surface area contributed by atoms with Gasteiger partial charge < -0.3 is 15.1 Å². The Labute approximate surface area is 168 Å². The minimum atomic E-state index is -0.117. The number of benzene rings is 1. The number of rotatable bonds is 6. The fraction of sp³-hybridized carbons (Fsp3) is 0.478. The van der Waals surface area contributed by atoms with Gasteiger partial charge >= 0.3 is 0 Å². The van der Waals surface area contributed by atoms with Gasteiger partial charge in [0, 0.05) is 43.8 Å². The van der Waals surface area contributed by atoms with Gasteiger partial charge in [-0.3, -0.25) is 4.79 Å². The van der Waals surface area contributed by atoms with Gasteiger partial charge in [0.2, 0.25) is 0 Å². The van der Waals surface area contributed by atoms with Crippen LogP contribution in [0.1, 0.15) is 55.5 Å². The molecular formula is C23H32N4O. The smallest absolute Gasteiger partial charge is 0.257 e. The highest BCUT2D eigenvalue weighted by Gasteiger charge is 2.13. The molecule has 0 bridgehead atoms. The van der Waals surface area contributed by atoms with Crippen LogP contribution in [0.15, 0.2) is 36.5 Å². The van der Waals surface area contributed by atoms with E-state index in [2.05, 4.69) is 46.1 Å². The largest absolute Gasteiger partial charge is 0.372 e. The molecule has 1 aliphatic heterocycles. The molecule has 1 aliphatic rings. The zero-order valence-corrected chi connectivity index (χ0v) is 17.4. The summed E-state index contributed by atoms with van der Waals surface area (Å²) in [6, 6.07) is 10.0. The number of amides is 1. The monoisotopic (exact) mass is 380 g/mol. The summed E-state index contributed by atoms with van der Waals surface area (Å²) in [6.07, 6.45) is 6.71. The molecule has 0 unspecified atom stereocenters. The molecule has 0 radical (unpaired) electrons. The third-order valence-electron chi connectivity index (χ3n) is 5.53. The first-order valence-corrected chi connectivity index (χ1v) is 10.5. The molecule has 1 amide bonds. The summed E-state index contributed by atoms with van der Waals surface area (Å²) >= 11 is 0. The van der Waals surface area contributed by atoms with Crippen LogP contribution in [0.3, 0.4) is 0 Å². The third kappa shape index (κ3) is 4.83. The minimum absolute atomic E-state index is 0.117. The van der Waals surface area contributed by atoms with Gasteiger partial charge in [-0.25, -0.2) is 4.98 Å². The van der Waals surface area contributed by atoms with E-state index in [4.69, 9.17) is 0 Å². The highest BCUT2D eigenvalue weighted by atomic mass is 16.1.